The Morgan fingerprint density at radius 2 is 1.88 bits per heavy atom. The summed E-state index contributed by atoms with van der Waals surface area (Å²) < 4.78 is 10.6. The van der Waals surface area contributed by atoms with Crippen molar-refractivity contribution in [3.05, 3.63) is 29.8 Å². The van der Waals surface area contributed by atoms with E-state index in [1.54, 1.807) is 20.8 Å². The number of halogens is 1. The van der Waals surface area contributed by atoms with Gasteiger partial charge in [-0.1, -0.05) is 28.1 Å². The smallest absolute Gasteiger partial charge is 0.349 e. The van der Waals surface area contributed by atoms with Crippen LogP contribution in [-0.4, -0.2) is 18.2 Å². The Hall–Kier alpha value is -1.03. The predicted molar refractivity (Wildman–Crippen MR) is 70.4 cm³/mol. The maximum atomic E-state index is 11.6. The van der Waals surface area contributed by atoms with Crippen LogP contribution in [0.25, 0.3) is 0 Å². The summed E-state index contributed by atoms with van der Waals surface area (Å²) >= 11 is 3.37. The summed E-state index contributed by atoms with van der Waals surface area (Å²) in [5.41, 5.74) is 0.192. The van der Waals surface area contributed by atoms with Gasteiger partial charge in [0.05, 0.1) is 6.61 Å². The first kappa shape index (κ1) is 14.0. The molecule has 0 spiro atoms. The summed E-state index contributed by atoms with van der Waals surface area (Å²) in [6.07, 6.45) is 0. The minimum atomic E-state index is -0.966. The molecule has 0 saturated heterocycles. The number of ether oxygens (including phenoxy) is 2. The van der Waals surface area contributed by atoms with E-state index < -0.39 is 5.60 Å². The lowest BCUT2D eigenvalue weighted by molar-refractivity contribution is -0.158. The lowest BCUT2D eigenvalue weighted by Gasteiger charge is -2.24. The van der Waals surface area contributed by atoms with Crippen molar-refractivity contribution in [2.75, 3.05) is 6.61 Å². The van der Waals surface area contributed by atoms with Crippen molar-refractivity contribution in [1.29, 1.82) is 0 Å². The lowest BCUT2D eigenvalue weighted by atomic mass is 10.1. The molecule has 0 aromatic heterocycles. The lowest BCUT2D eigenvalue weighted by Crippen LogP contribution is -2.39. The van der Waals surface area contributed by atoms with Gasteiger partial charge >= 0.3 is 5.97 Å². The van der Waals surface area contributed by atoms with Gasteiger partial charge in [0.1, 0.15) is 5.75 Å². The van der Waals surface area contributed by atoms with Gasteiger partial charge in [0.2, 0.25) is 0 Å². The maximum absolute atomic E-state index is 11.6. The van der Waals surface area contributed by atoms with Crippen LogP contribution < -0.4 is 4.74 Å². The van der Waals surface area contributed by atoms with Crippen LogP contribution in [0.2, 0.25) is 0 Å². The number of carbonyl (C=O) groups is 1. The largest absolute Gasteiger partial charge is 0.476 e. The molecule has 0 aliphatic carbocycles. The third kappa shape index (κ3) is 4.04. The number of esters is 1. The molecule has 0 unspecified atom stereocenters. The van der Waals surface area contributed by atoms with Crippen molar-refractivity contribution >= 4 is 21.9 Å². The fourth-order valence-electron chi connectivity index (χ4n) is 1.29. The van der Waals surface area contributed by atoms with Crippen LogP contribution in [0.15, 0.2) is 24.3 Å². The molecule has 0 aliphatic rings. The number of rotatable bonds is 5. The van der Waals surface area contributed by atoms with Gasteiger partial charge in [0.15, 0.2) is 5.60 Å². The quantitative estimate of drug-likeness (QED) is 0.618. The molecule has 0 amide bonds. The zero-order valence-electron chi connectivity index (χ0n) is 10.3. The molecule has 1 aromatic rings. The summed E-state index contributed by atoms with van der Waals surface area (Å²) in [6.45, 7) is 5.53. The van der Waals surface area contributed by atoms with Gasteiger partial charge in [-0.25, -0.2) is 4.79 Å². The molecule has 94 valence electrons. The first-order valence-corrected chi connectivity index (χ1v) is 6.63. The van der Waals surface area contributed by atoms with E-state index in [0.717, 1.165) is 10.9 Å². The fourth-order valence-corrected chi connectivity index (χ4v) is 1.66. The van der Waals surface area contributed by atoms with E-state index in [-0.39, 0.29) is 5.97 Å². The van der Waals surface area contributed by atoms with Crippen molar-refractivity contribution in [2.24, 2.45) is 0 Å². The van der Waals surface area contributed by atoms with Gasteiger partial charge in [0.25, 0.3) is 0 Å². The highest BCUT2D eigenvalue weighted by Crippen LogP contribution is 2.20. The first-order valence-electron chi connectivity index (χ1n) is 5.50. The van der Waals surface area contributed by atoms with Crippen LogP contribution in [0, 0.1) is 0 Å². The Morgan fingerprint density at radius 1 is 1.29 bits per heavy atom. The Bertz CT molecular complexity index is 371. The second-order valence-corrected chi connectivity index (χ2v) is 4.67. The average Bonchev–Trinajstić information content (AvgIpc) is 2.30. The van der Waals surface area contributed by atoms with Crippen LogP contribution in [0.4, 0.5) is 0 Å². The number of hydrogen-bond donors (Lipinski definition) is 0. The minimum Gasteiger partial charge on any atom is -0.476 e. The van der Waals surface area contributed by atoms with E-state index in [1.807, 2.05) is 24.3 Å². The van der Waals surface area contributed by atoms with Crippen molar-refractivity contribution in [3.8, 4) is 5.75 Å². The normalized spacial score (nSPS) is 11.1. The highest BCUT2D eigenvalue weighted by molar-refractivity contribution is 9.08. The van der Waals surface area contributed by atoms with Gasteiger partial charge in [-0.15, -0.1) is 0 Å². The number of benzene rings is 1. The third-order valence-electron chi connectivity index (χ3n) is 2.22. The summed E-state index contributed by atoms with van der Waals surface area (Å²) in [7, 11) is 0. The Morgan fingerprint density at radius 3 is 2.35 bits per heavy atom. The molecule has 0 bridgehead atoms. The van der Waals surface area contributed by atoms with Crippen LogP contribution in [0.5, 0.6) is 5.75 Å². The molecule has 0 fully saturated rings. The average molecular weight is 301 g/mol. The van der Waals surface area contributed by atoms with Crippen molar-refractivity contribution in [1.82, 2.24) is 0 Å². The molecule has 0 saturated carbocycles. The monoisotopic (exact) mass is 300 g/mol. The molecular formula is C13H17BrO3. The number of carbonyl (C=O) groups excluding carboxylic acids is 1. The molecule has 0 atom stereocenters. The molecular weight excluding hydrogens is 284 g/mol. The van der Waals surface area contributed by atoms with Gasteiger partial charge in [-0.2, -0.15) is 0 Å². The van der Waals surface area contributed by atoms with Gasteiger partial charge in [0, 0.05) is 5.33 Å². The van der Waals surface area contributed by atoms with Crippen molar-refractivity contribution in [3.63, 3.8) is 0 Å². The van der Waals surface area contributed by atoms with E-state index in [9.17, 15) is 4.79 Å². The van der Waals surface area contributed by atoms with E-state index >= 15 is 0 Å². The van der Waals surface area contributed by atoms with Crippen molar-refractivity contribution < 1.29 is 14.3 Å². The minimum absolute atomic E-state index is 0.355. The Labute approximate surface area is 110 Å². The number of hydrogen-bond acceptors (Lipinski definition) is 3. The van der Waals surface area contributed by atoms with Crippen LogP contribution in [0.3, 0.4) is 0 Å². The highest BCUT2D eigenvalue weighted by Gasteiger charge is 2.31. The molecule has 1 aromatic carbocycles. The maximum Gasteiger partial charge on any atom is 0.349 e. The summed E-state index contributed by atoms with van der Waals surface area (Å²) in [5, 5.41) is 0.800. The highest BCUT2D eigenvalue weighted by atomic mass is 79.9. The fraction of sp³-hybridized carbons (Fsp3) is 0.462. The third-order valence-corrected chi connectivity index (χ3v) is 2.87. The van der Waals surface area contributed by atoms with Crippen LogP contribution in [0.1, 0.15) is 26.3 Å². The molecule has 4 heteroatoms. The SMILES string of the molecule is CCOC(=O)C(C)(C)Oc1ccc(CBr)cc1. The van der Waals surface area contributed by atoms with Gasteiger partial charge in [-0.05, 0) is 38.5 Å². The predicted octanol–water partition coefficient (Wildman–Crippen LogP) is 3.30. The zero-order valence-corrected chi connectivity index (χ0v) is 11.9. The molecule has 0 N–H and O–H groups in total. The molecule has 3 nitrogen and oxygen atoms in total. The van der Waals surface area contributed by atoms with Gasteiger partial charge < -0.3 is 9.47 Å². The summed E-state index contributed by atoms with van der Waals surface area (Å²) in [6, 6.07) is 7.59. The van der Waals surface area contributed by atoms with E-state index in [1.165, 1.54) is 0 Å². The second kappa shape index (κ2) is 6.05. The molecule has 0 aliphatic heterocycles. The molecule has 0 heterocycles. The van der Waals surface area contributed by atoms with E-state index in [2.05, 4.69) is 15.9 Å². The number of alkyl halides is 1. The first-order chi connectivity index (χ1) is 7.99. The Kier molecular flexibility index (Phi) is 5.00. The summed E-state index contributed by atoms with van der Waals surface area (Å²) in [5.74, 6) is 0.303. The topological polar surface area (TPSA) is 35.5 Å². The molecule has 1 rings (SSSR count). The molecule has 0 radical (unpaired) electrons. The zero-order chi connectivity index (χ0) is 12.9. The van der Waals surface area contributed by atoms with Crippen LogP contribution in [-0.2, 0) is 14.9 Å². The summed E-state index contributed by atoms with van der Waals surface area (Å²) in [4.78, 5) is 11.6. The van der Waals surface area contributed by atoms with Crippen molar-refractivity contribution in [2.45, 2.75) is 31.7 Å². The van der Waals surface area contributed by atoms with Crippen LogP contribution >= 0.6 is 15.9 Å². The van der Waals surface area contributed by atoms with E-state index in [0.29, 0.717) is 12.4 Å². The molecule has 17 heavy (non-hydrogen) atoms. The van der Waals surface area contributed by atoms with E-state index in [4.69, 9.17) is 9.47 Å². The second-order valence-electron chi connectivity index (χ2n) is 4.11. The standard InChI is InChI=1S/C13H17BrO3/c1-4-16-12(15)13(2,3)17-11-7-5-10(9-14)6-8-11/h5-8H,4,9H2,1-3H3. The Balaban J connectivity index is 2.71. The van der Waals surface area contributed by atoms with Gasteiger partial charge in [-0.3, -0.25) is 0 Å².